The Balaban J connectivity index is 1.66. The monoisotopic (exact) mass is 605 g/mol. The Labute approximate surface area is 238 Å². The minimum absolute atomic E-state index is 0.0420. The van der Waals surface area contributed by atoms with Gasteiger partial charge in [-0.1, -0.05) is 19.1 Å². The third-order valence-corrected chi connectivity index (χ3v) is 8.21. The number of aliphatic hydroxyl groups excluding tert-OH is 1. The molecule has 41 heavy (non-hydrogen) atoms. The molecule has 1 aromatic heterocycles. The van der Waals surface area contributed by atoms with Crippen LogP contribution in [0.25, 0.3) is 0 Å². The first-order chi connectivity index (χ1) is 19.3. The Hall–Kier alpha value is -2.78. The Morgan fingerprint density at radius 3 is 2.37 bits per heavy atom. The Bertz CT molecular complexity index is 1180. The fourth-order valence-electron chi connectivity index (χ4n) is 5.52. The van der Waals surface area contributed by atoms with E-state index in [1.807, 2.05) is 0 Å². The molecule has 0 aliphatic carbocycles. The van der Waals surface area contributed by atoms with Crippen LogP contribution in [0.3, 0.4) is 0 Å². The maximum atomic E-state index is 14.2. The number of carbonyl (C=O) groups excluding carboxylic acids is 2. The predicted octanol–water partition coefficient (Wildman–Crippen LogP) is 3.35. The van der Waals surface area contributed by atoms with Gasteiger partial charge in [-0.15, -0.1) is 0 Å². The lowest BCUT2D eigenvalue weighted by Gasteiger charge is -2.27. The number of aliphatic imine (C=N–C) groups is 1. The zero-order chi connectivity index (χ0) is 30.1. The molecule has 226 valence electrons. The molecule has 15 heteroatoms. The number of amides is 2. The van der Waals surface area contributed by atoms with Gasteiger partial charge in [-0.2, -0.15) is 13.2 Å². The number of thiocarbonyl (C=S) groups is 1. The highest BCUT2D eigenvalue weighted by Gasteiger charge is 2.45. The number of hydrogen-bond acceptors (Lipinski definition) is 8. The summed E-state index contributed by atoms with van der Waals surface area (Å²) in [6.07, 6.45) is -5.05. The van der Waals surface area contributed by atoms with Crippen LogP contribution in [-0.4, -0.2) is 93.1 Å². The first-order valence-corrected chi connectivity index (χ1v) is 13.8. The average Bonchev–Trinajstić information content (AvgIpc) is 3.64. The molecule has 9 nitrogen and oxygen atoms in total. The number of nitrogens with zero attached hydrogens (tertiary/aromatic N) is 3. The van der Waals surface area contributed by atoms with Crippen molar-refractivity contribution in [2.75, 3.05) is 18.5 Å². The van der Waals surface area contributed by atoms with Crippen LogP contribution >= 0.6 is 12.2 Å². The molecule has 4 rings (SSSR count). The van der Waals surface area contributed by atoms with E-state index in [-0.39, 0.29) is 47.9 Å². The summed E-state index contributed by atoms with van der Waals surface area (Å²) in [4.78, 5) is 36.2. The van der Waals surface area contributed by atoms with Gasteiger partial charge in [0.05, 0.1) is 35.9 Å². The minimum atomic E-state index is -4.63. The molecule has 0 aromatic carbocycles. The van der Waals surface area contributed by atoms with Gasteiger partial charge < -0.3 is 25.4 Å². The smallest absolute Gasteiger partial charge is 0.388 e. The number of anilines is 1. The van der Waals surface area contributed by atoms with Crippen molar-refractivity contribution in [2.24, 2.45) is 4.99 Å². The van der Waals surface area contributed by atoms with Crippen molar-refractivity contribution in [3.05, 3.63) is 23.4 Å². The van der Waals surface area contributed by atoms with Gasteiger partial charge in [0.15, 0.2) is 6.04 Å². The lowest BCUT2D eigenvalue weighted by atomic mass is 10.0. The first-order valence-electron chi connectivity index (χ1n) is 13.4. The minimum Gasteiger partial charge on any atom is -0.388 e. The van der Waals surface area contributed by atoms with Crippen molar-refractivity contribution < 1.29 is 41.4 Å². The van der Waals surface area contributed by atoms with Gasteiger partial charge in [-0.25, -0.2) is 13.8 Å². The van der Waals surface area contributed by atoms with Gasteiger partial charge in [-0.3, -0.25) is 14.6 Å². The summed E-state index contributed by atoms with van der Waals surface area (Å²) in [5.41, 5.74) is -1.20. The quantitative estimate of drug-likeness (QED) is 0.162. The number of aliphatic hydroxyl groups is 1. The number of aromatic nitrogens is 1. The summed E-state index contributed by atoms with van der Waals surface area (Å²) in [6.45, 7) is 2.75. The largest absolute Gasteiger partial charge is 0.408 e. The molecule has 2 amide bonds. The van der Waals surface area contributed by atoms with E-state index >= 15 is 0 Å². The van der Waals surface area contributed by atoms with Crippen molar-refractivity contribution in [1.29, 1.82) is 0 Å². The molecule has 0 radical (unpaired) electrons. The van der Waals surface area contributed by atoms with Crippen LogP contribution in [0.1, 0.15) is 63.5 Å². The molecule has 3 N–H and O–H groups in total. The topological polar surface area (TPSA) is 116 Å². The van der Waals surface area contributed by atoms with Crippen LogP contribution in [0.4, 0.5) is 27.8 Å². The van der Waals surface area contributed by atoms with Crippen molar-refractivity contribution in [2.45, 2.75) is 94.9 Å². The van der Waals surface area contributed by atoms with E-state index in [0.717, 1.165) is 37.9 Å². The summed E-state index contributed by atoms with van der Waals surface area (Å²) in [7, 11) is 0. The van der Waals surface area contributed by atoms with Gasteiger partial charge in [-0.05, 0) is 45.1 Å². The van der Waals surface area contributed by atoms with Crippen molar-refractivity contribution in [1.82, 2.24) is 15.2 Å². The van der Waals surface area contributed by atoms with E-state index in [2.05, 4.69) is 20.6 Å². The second-order valence-electron chi connectivity index (χ2n) is 10.5. The SMILES string of the molecule is CC[C@H](Nc1cc(C(F)F)c(C(=S)C(N=C(C)C(=O)N[C@H]2COC[C@@H]2O)C(=O)N2C3CCC2CC3)cn1)C(F)(F)F. The number of rotatable bonds is 10. The van der Waals surface area contributed by atoms with Crippen molar-refractivity contribution in [3.63, 3.8) is 0 Å². The lowest BCUT2D eigenvalue weighted by Crippen LogP contribution is -2.47. The predicted molar refractivity (Wildman–Crippen MR) is 143 cm³/mol. The highest BCUT2D eigenvalue weighted by Crippen LogP contribution is 2.38. The maximum absolute atomic E-state index is 14.2. The highest BCUT2D eigenvalue weighted by molar-refractivity contribution is 7.81. The number of fused-ring (bicyclic) bond motifs is 2. The Kier molecular flexibility index (Phi) is 9.59. The van der Waals surface area contributed by atoms with Gasteiger partial charge in [0.2, 0.25) is 0 Å². The van der Waals surface area contributed by atoms with Gasteiger partial charge in [0.1, 0.15) is 11.9 Å². The van der Waals surface area contributed by atoms with E-state index in [1.165, 1.54) is 13.8 Å². The van der Waals surface area contributed by atoms with Gasteiger partial charge in [0, 0.05) is 29.4 Å². The molecule has 4 atom stereocenters. The average molecular weight is 606 g/mol. The molecule has 3 aliphatic rings. The Morgan fingerprint density at radius 1 is 1.22 bits per heavy atom. The number of carbonyl (C=O) groups is 2. The fourth-order valence-corrected chi connectivity index (χ4v) is 5.85. The molecule has 0 saturated carbocycles. The van der Waals surface area contributed by atoms with Crippen LogP contribution < -0.4 is 10.6 Å². The standard InChI is InChI=1S/C26H32F5N5O4S/c1-3-19(26(29,30)31)35-20-8-15(23(27)28)16(9-32-20)22(41)21(25(39)36-13-4-5-14(36)7-6-13)33-12(2)24(38)34-17-10-40-11-18(17)37/h8-9,13-14,17-19,21,23,37H,3-7,10-11H2,1-2H3,(H,32,35)(H,34,38)/t13?,14?,17-,18-,19-,21?/m0/s1. The molecule has 2 bridgehead atoms. The molecular formula is C26H32F5N5O4S. The van der Waals surface area contributed by atoms with Gasteiger partial charge >= 0.3 is 6.18 Å². The normalized spacial score (nSPS) is 25.9. The number of halogens is 5. The van der Waals surface area contributed by atoms with Crippen molar-refractivity contribution in [3.8, 4) is 0 Å². The van der Waals surface area contributed by atoms with E-state index in [0.29, 0.717) is 0 Å². The molecule has 3 aliphatic heterocycles. The molecule has 3 fully saturated rings. The van der Waals surface area contributed by atoms with E-state index < -0.39 is 60.0 Å². The third kappa shape index (κ3) is 6.83. The molecule has 3 saturated heterocycles. The van der Waals surface area contributed by atoms with E-state index in [9.17, 15) is 36.6 Å². The number of ether oxygens (including phenoxy) is 1. The third-order valence-electron chi connectivity index (χ3n) is 7.77. The molecule has 1 aromatic rings. The number of pyridine rings is 1. The summed E-state index contributed by atoms with van der Waals surface area (Å²) in [6, 6.07) is -3.55. The van der Waals surface area contributed by atoms with Gasteiger partial charge in [0.25, 0.3) is 18.2 Å². The molecule has 0 spiro atoms. The molecular weight excluding hydrogens is 573 g/mol. The summed E-state index contributed by atoms with van der Waals surface area (Å²) >= 11 is 5.52. The highest BCUT2D eigenvalue weighted by atomic mass is 32.1. The zero-order valence-electron chi connectivity index (χ0n) is 22.5. The first kappa shape index (κ1) is 31.2. The Morgan fingerprint density at radius 2 is 1.85 bits per heavy atom. The van der Waals surface area contributed by atoms with Crippen LogP contribution in [0.2, 0.25) is 0 Å². The van der Waals surface area contributed by atoms with Crippen LogP contribution in [0, 0.1) is 0 Å². The second-order valence-corrected chi connectivity index (χ2v) is 10.9. The van der Waals surface area contributed by atoms with E-state index in [1.54, 1.807) is 4.90 Å². The number of hydrogen-bond donors (Lipinski definition) is 3. The fraction of sp³-hybridized carbons (Fsp3) is 0.654. The second kappa shape index (κ2) is 12.6. The maximum Gasteiger partial charge on any atom is 0.408 e. The van der Waals surface area contributed by atoms with Crippen LogP contribution in [0.15, 0.2) is 17.3 Å². The summed E-state index contributed by atoms with van der Waals surface area (Å²) < 4.78 is 73.3. The van der Waals surface area contributed by atoms with Crippen LogP contribution in [-0.2, 0) is 14.3 Å². The lowest BCUT2D eigenvalue weighted by molar-refractivity contribution is -0.143. The van der Waals surface area contributed by atoms with Crippen LogP contribution in [0.5, 0.6) is 0 Å². The van der Waals surface area contributed by atoms with Crippen molar-refractivity contribution >= 4 is 40.4 Å². The number of alkyl halides is 5. The zero-order valence-corrected chi connectivity index (χ0v) is 23.3. The summed E-state index contributed by atoms with van der Waals surface area (Å²) in [5, 5.41) is 14.7. The molecule has 4 heterocycles. The molecule has 1 unspecified atom stereocenters. The van der Waals surface area contributed by atoms with E-state index in [4.69, 9.17) is 17.0 Å². The summed E-state index contributed by atoms with van der Waals surface area (Å²) in [5.74, 6) is -1.66. The number of nitrogens with one attached hydrogen (secondary N) is 2.